The van der Waals surface area contributed by atoms with E-state index in [1.807, 2.05) is 6.92 Å². The Morgan fingerprint density at radius 1 is 1.44 bits per heavy atom. The van der Waals surface area contributed by atoms with E-state index in [-0.39, 0.29) is 17.2 Å². The Balaban J connectivity index is 2.16. The van der Waals surface area contributed by atoms with Gasteiger partial charge in [-0.1, -0.05) is 6.07 Å². The largest absolute Gasteiger partial charge is 0.508 e. The number of aryl methyl sites for hydroxylation is 1. The fraction of sp³-hybridized carbons (Fsp3) is 0.182. The summed E-state index contributed by atoms with van der Waals surface area (Å²) < 4.78 is 26.4. The lowest BCUT2D eigenvalue weighted by atomic mass is 10.3. The molecule has 5 nitrogen and oxygen atoms in total. The molecule has 0 aliphatic heterocycles. The predicted octanol–water partition coefficient (Wildman–Crippen LogP) is 1.64. The van der Waals surface area contributed by atoms with Gasteiger partial charge in [0.15, 0.2) is 0 Å². The molecule has 1 heterocycles. The van der Waals surface area contributed by atoms with Gasteiger partial charge in [-0.15, -0.1) is 11.3 Å². The van der Waals surface area contributed by atoms with E-state index in [1.54, 1.807) is 5.51 Å². The molecule has 96 valence electrons. The maximum atomic E-state index is 12.0. The van der Waals surface area contributed by atoms with Gasteiger partial charge >= 0.3 is 0 Å². The minimum absolute atomic E-state index is 0.0460. The second-order valence-electron chi connectivity index (χ2n) is 3.68. The molecule has 0 radical (unpaired) electrons. The van der Waals surface area contributed by atoms with E-state index in [0.717, 1.165) is 10.6 Å². The maximum absolute atomic E-state index is 12.0. The zero-order chi connectivity index (χ0) is 13.2. The van der Waals surface area contributed by atoms with E-state index in [2.05, 4.69) is 9.71 Å². The van der Waals surface area contributed by atoms with Crippen LogP contribution in [0, 0.1) is 6.92 Å². The number of hydrogen-bond donors (Lipinski definition) is 2. The third-order valence-corrected chi connectivity index (χ3v) is 4.73. The quantitative estimate of drug-likeness (QED) is 0.894. The van der Waals surface area contributed by atoms with E-state index >= 15 is 0 Å². The van der Waals surface area contributed by atoms with Gasteiger partial charge in [0, 0.05) is 11.4 Å². The molecule has 0 aliphatic carbocycles. The number of thiazole rings is 1. The second kappa shape index (κ2) is 5.05. The van der Waals surface area contributed by atoms with Crippen LogP contribution in [-0.4, -0.2) is 18.5 Å². The van der Waals surface area contributed by atoms with Gasteiger partial charge in [-0.3, -0.25) is 0 Å². The lowest BCUT2D eigenvalue weighted by Crippen LogP contribution is -2.23. The summed E-state index contributed by atoms with van der Waals surface area (Å²) in [6.45, 7) is 2.03. The highest BCUT2D eigenvalue weighted by Gasteiger charge is 2.15. The molecule has 1 aromatic heterocycles. The summed E-state index contributed by atoms with van der Waals surface area (Å²) in [6.07, 6.45) is 0. The zero-order valence-corrected chi connectivity index (χ0v) is 11.3. The van der Waals surface area contributed by atoms with Gasteiger partial charge in [-0.05, 0) is 25.1 Å². The highest BCUT2D eigenvalue weighted by molar-refractivity contribution is 7.89. The first-order chi connectivity index (χ1) is 8.49. The number of phenolic OH excluding ortho intramolecular Hbond substituents is 1. The molecule has 0 spiro atoms. The Kier molecular flexibility index (Phi) is 3.65. The second-order valence-corrected chi connectivity index (χ2v) is 6.39. The first-order valence-corrected chi connectivity index (χ1v) is 7.53. The molecule has 0 bridgehead atoms. The summed E-state index contributed by atoms with van der Waals surface area (Å²) in [4.78, 5) is 4.97. The van der Waals surface area contributed by atoms with Crippen LogP contribution in [-0.2, 0) is 16.6 Å². The first-order valence-electron chi connectivity index (χ1n) is 5.17. The van der Waals surface area contributed by atoms with Crippen LogP contribution < -0.4 is 4.72 Å². The Labute approximate surface area is 109 Å². The van der Waals surface area contributed by atoms with Crippen molar-refractivity contribution < 1.29 is 13.5 Å². The lowest BCUT2D eigenvalue weighted by Gasteiger charge is -2.06. The highest BCUT2D eigenvalue weighted by atomic mass is 32.2. The van der Waals surface area contributed by atoms with Crippen molar-refractivity contribution in [2.45, 2.75) is 18.4 Å². The van der Waals surface area contributed by atoms with Gasteiger partial charge in [-0.2, -0.15) is 0 Å². The molecule has 0 fully saturated rings. The average Bonchev–Trinajstić information content (AvgIpc) is 2.72. The number of aromatic nitrogens is 1. The maximum Gasteiger partial charge on any atom is 0.241 e. The standard InChI is InChI=1S/C11H12N2O3S2/c1-8-11(17-7-12-8)6-13-18(15,16)10-4-2-3-9(14)5-10/h2-5,7,13-14H,6H2,1H3. The minimum atomic E-state index is -3.61. The zero-order valence-electron chi connectivity index (χ0n) is 9.62. The summed E-state index contributed by atoms with van der Waals surface area (Å²) in [5, 5.41) is 9.27. The molecule has 0 atom stereocenters. The normalized spacial score (nSPS) is 11.6. The van der Waals surface area contributed by atoms with Gasteiger partial charge in [0.25, 0.3) is 0 Å². The van der Waals surface area contributed by atoms with Crippen LogP contribution in [0.15, 0.2) is 34.7 Å². The van der Waals surface area contributed by atoms with E-state index in [4.69, 9.17) is 0 Å². The molecule has 0 saturated carbocycles. The van der Waals surface area contributed by atoms with E-state index < -0.39 is 10.0 Å². The van der Waals surface area contributed by atoms with Gasteiger partial charge in [0.05, 0.1) is 16.1 Å². The smallest absolute Gasteiger partial charge is 0.241 e. The number of phenols is 1. The monoisotopic (exact) mass is 284 g/mol. The van der Waals surface area contributed by atoms with Crippen LogP contribution in [0.25, 0.3) is 0 Å². The molecular formula is C11H12N2O3S2. The topological polar surface area (TPSA) is 79.3 Å². The Hall–Kier alpha value is -1.44. The summed E-state index contributed by atoms with van der Waals surface area (Å²) in [7, 11) is -3.61. The molecule has 1 aromatic carbocycles. The molecule has 0 unspecified atom stereocenters. The van der Waals surface area contributed by atoms with Crippen LogP contribution in [0.4, 0.5) is 0 Å². The molecule has 2 rings (SSSR count). The molecule has 0 aliphatic rings. The molecule has 2 aromatic rings. The third-order valence-electron chi connectivity index (χ3n) is 2.40. The highest BCUT2D eigenvalue weighted by Crippen LogP contribution is 2.17. The lowest BCUT2D eigenvalue weighted by molar-refractivity contribution is 0.473. The van der Waals surface area contributed by atoms with E-state index in [0.29, 0.717) is 0 Å². The van der Waals surface area contributed by atoms with Gasteiger partial charge < -0.3 is 5.11 Å². The molecule has 18 heavy (non-hydrogen) atoms. The van der Waals surface area contributed by atoms with Crippen LogP contribution in [0.1, 0.15) is 10.6 Å². The molecule has 0 saturated heterocycles. The summed E-state index contributed by atoms with van der Waals surface area (Å²) in [5.74, 6) is -0.0770. The van der Waals surface area contributed by atoms with Crippen molar-refractivity contribution in [3.05, 3.63) is 40.3 Å². The number of rotatable bonds is 4. The average molecular weight is 284 g/mol. The fourth-order valence-corrected chi connectivity index (χ4v) is 3.23. The van der Waals surface area contributed by atoms with Crippen LogP contribution >= 0.6 is 11.3 Å². The van der Waals surface area contributed by atoms with Gasteiger partial charge in [0.2, 0.25) is 10.0 Å². The van der Waals surface area contributed by atoms with Crippen LogP contribution in [0.3, 0.4) is 0 Å². The van der Waals surface area contributed by atoms with Crippen molar-refractivity contribution in [2.75, 3.05) is 0 Å². The number of aromatic hydroxyl groups is 1. The van der Waals surface area contributed by atoms with Crippen LogP contribution in [0.2, 0.25) is 0 Å². The van der Waals surface area contributed by atoms with Crippen LogP contribution in [0.5, 0.6) is 5.75 Å². The summed E-state index contributed by atoms with van der Waals surface area (Å²) >= 11 is 1.40. The number of nitrogens with zero attached hydrogens (tertiary/aromatic N) is 1. The fourth-order valence-electron chi connectivity index (χ4n) is 1.39. The number of sulfonamides is 1. The Bertz CT molecular complexity index is 650. The third kappa shape index (κ3) is 2.87. The molecule has 7 heteroatoms. The van der Waals surface area contributed by atoms with Crippen molar-refractivity contribution in [3.8, 4) is 5.75 Å². The first kappa shape index (κ1) is 13.0. The van der Waals surface area contributed by atoms with E-state index in [1.165, 1.54) is 35.6 Å². The number of benzene rings is 1. The van der Waals surface area contributed by atoms with Crippen molar-refractivity contribution in [2.24, 2.45) is 0 Å². The van der Waals surface area contributed by atoms with Gasteiger partial charge in [-0.25, -0.2) is 18.1 Å². The van der Waals surface area contributed by atoms with E-state index in [9.17, 15) is 13.5 Å². The summed E-state index contributed by atoms with van der Waals surface area (Å²) in [6, 6.07) is 5.55. The van der Waals surface area contributed by atoms with Crippen molar-refractivity contribution >= 4 is 21.4 Å². The molecular weight excluding hydrogens is 272 g/mol. The van der Waals surface area contributed by atoms with Gasteiger partial charge in [0.1, 0.15) is 5.75 Å². The van der Waals surface area contributed by atoms with Crippen molar-refractivity contribution in [1.29, 1.82) is 0 Å². The summed E-state index contributed by atoms with van der Waals surface area (Å²) in [5.41, 5.74) is 2.49. The number of hydrogen-bond acceptors (Lipinski definition) is 5. The minimum Gasteiger partial charge on any atom is -0.508 e. The van der Waals surface area contributed by atoms with Crippen molar-refractivity contribution in [3.63, 3.8) is 0 Å². The number of nitrogens with one attached hydrogen (secondary N) is 1. The molecule has 2 N–H and O–H groups in total. The Morgan fingerprint density at radius 2 is 2.22 bits per heavy atom. The Morgan fingerprint density at radius 3 is 2.83 bits per heavy atom. The SMILES string of the molecule is Cc1ncsc1CNS(=O)(=O)c1cccc(O)c1. The predicted molar refractivity (Wildman–Crippen MR) is 69.0 cm³/mol. The molecule has 0 amide bonds. The van der Waals surface area contributed by atoms with Crippen molar-refractivity contribution in [1.82, 2.24) is 9.71 Å².